The molecule has 3 aromatic carbocycles. The fraction of sp³-hybridized carbons (Fsp3) is 0. The number of amides is 1. The van der Waals surface area contributed by atoms with Gasteiger partial charge in [-0.2, -0.15) is 0 Å². The van der Waals surface area contributed by atoms with Crippen LogP contribution in [-0.4, -0.2) is 15.2 Å². The van der Waals surface area contributed by atoms with Gasteiger partial charge in [-0.05, 0) is 60.2 Å². The molecule has 10 heteroatoms. The summed E-state index contributed by atoms with van der Waals surface area (Å²) in [6.45, 7) is 0. The standard InChI is InChI=1S/C22H12Cl2N2O3S3/c23-14-5-7-17(8-6-14)31-19-9-4-13(10-18(19)26(28)29)11-20-21(27)25(22(30)32-20)16-3-1-2-15(24)12-16/h1-12H/b20-11+. The Kier molecular flexibility index (Phi) is 6.88. The number of halogens is 2. The fourth-order valence-corrected chi connectivity index (χ4v) is 5.45. The molecule has 160 valence electrons. The van der Waals surface area contributed by atoms with Crippen LogP contribution in [0.1, 0.15) is 5.56 Å². The highest BCUT2D eigenvalue weighted by Crippen LogP contribution is 2.39. The van der Waals surface area contributed by atoms with E-state index in [1.165, 1.54) is 22.7 Å². The van der Waals surface area contributed by atoms with Crippen molar-refractivity contribution in [3.05, 3.63) is 97.4 Å². The van der Waals surface area contributed by atoms with Crippen LogP contribution >= 0.6 is 58.9 Å². The van der Waals surface area contributed by atoms with Crippen LogP contribution in [0.2, 0.25) is 10.0 Å². The van der Waals surface area contributed by atoms with Gasteiger partial charge in [0.25, 0.3) is 11.6 Å². The second kappa shape index (κ2) is 9.64. The van der Waals surface area contributed by atoms with Gasteiger partial charge in [0, 0.05) is 21.0 Å². The molecule has 0 aromatic heterocycles. The van der Waals surface area contributed by atoms with Crippen molar-refractivity contribution in [1.29, 1.82) is 0 Å². The maximum Gasteiger partial charge on any atom is 0.283 e. The molecule has 1 saturated heterocycles. The number of benzene rings is 3. The van der Waals surface area contributed by atoms with Gasteiger partial charge >= 0.3 is 0 Å². The Morgan fingerprint density at radius 1 is 1.03 bits per heavy atom. The Morgan fingerprint density at radius 3 is 2.47 bits per heavy atom. The second-order valence-electron chi connectivity index (χ2n) is 6.54. The number of hydrogen-bond acceptors (Lipinski definition) is 6. The average molecular weight is 519 g/mol. The molecule has 0 N–H and O–H groups in total. The van der Waals surface area contributed by atoms with E-state index in [9.17, 15) is 14.9 Å². The van der Waals surface area contributed by atoms with Gasteiger partial charge < -0.3 is 0 Å². The van der Waals surface area contributed by atoms with Gasteiger partial charge in [-0.25, -0.2) is 0 Å². The van der Waals surface area contributed by atoms with E-state index in [-0.39, 0.29) is 11.6 Å². The Morgan fingerprint density at radius 2 is 1.78 bits per heavy atom. The van der Waals surface area contributed by atoms with Crippen molar-refractivity contribution in [3.63, 3.8) is 0 Å². The number of nitro benzene ring substituents is 1. The number of rotatable bonds is 5. The molecule has 0 atom stereocenters. The predicted molar refractivity (Wildman–Crippen MR) is 136 cm³/mol. The van der Waals surface area contributed by atoms with Gasteiger partial charge in [0.15, 0.2) is 4.32 Å². The van der Waals surface area contributed by atoms with Gasteiger partial charge in [-0.15, -0.1) is 0 Å². The van der Waals surface area contributed by atoms with Crippen LogP contribution in [0.15, 0.2) is 81.4 Å². The molecule has 0 radical (unpaired) electrons. The molecular weight excluding hydrogens is 507 g/mol. The minimum absolute atomic E-state index is 0.0518. The average Bonchev–Trinajstić information content (AvgIpc) is 3.03. The zero-order valence-electron chi connectivity index (χ0n) is 16.0. The molecule has 0 aliphatic carbocycles. The first kappa shape index (κ1) is 22.8. The molecule has 1 aliphatic rings. The van der Waals surface area contributed by atoms with Crippen molar-refractivity contribution in [1.82, 2.24) is 0 Å². The van der Waals surface area contributed by atoms with Crippen LogP contribution in [0.3, 0.4) is 0 Å². The lowest BCUT2D eigenvalue weighted by Gasteiger charge is -2.14. The maximum absolute atomic E-state index is 12.9. The Hall–Kier alpha value is -2.36. The molecule has 0 spiro atoms. The van der Waals surface area contributed by atoms with Gasteiger partial charge in [0.05, 0.1) is 20.4 Å². The van der Waals surface area contributed by atoms with Crippen molar-refractivity contribution in [2.45, 2.75) is 9.79 Å². The molecule has 1 amide bonds. The van der Waals surface area contributed by atoms with Crippen molar-refractivity contribution in [2.24, 2.45) is 0 Å². The van der Waals surface area contributed by atoms with E-state index < -0.39 is 4.92 Å². The fourth-order valence-electron chi connectivity index (χ4n) is 2.94. The molecule has 0 bridgehead atoms. The summed E-state index contributed by atoms with van der Waals surface area (Å²) in [4.78, 5) is 27.3. The first-order valence-electron chi connectivity index (χ1n) is 9.07. The van der Waals surface area contributed by atoms with Crippen LogP contribution in [0.5, 0.6) is 0 Å². The van der Waals surface area contributed by atoms with E-state index in [4.69, 9.17) is 35.4 Å². The van der Waals surface area contributed by atoms with E-state index in [2.05, 4.69) is 0 Å². The third-order valence-electron chi connectivity index (χ3n) is 4.38. The van der Waals surface area contributed by atoms with Crippen LogP contribution in [0, 0.1) is 10.1 Å². The molecule has 3 aromatic rings. The first-order valence-corrected chi connectivity index (χ1v) is 11.9. The monoisotopic (exact) mass is 518 g/mol. The van der Waals surface area contributed by atoms with Crippen LogP contribution in [0.25, 0.3) is 6.08 Å². The van der Waals surface area contributed by atoms with Crippen molar-refractivity contribution in [3.8, 4) is 0 Å². The van der Waals surface area contributed by atoms with Crippen molar-refractivity contribution >= 4 is 86.6 Å². The Balaban J connectivity index is 1.63. The molecule has 1 fully saturated rings. The number of anilines is 1. The summed E-state index contributed by atoms with van der Waals surface area (Å²) in [6.07, 6.45) is 1.60. The van der Waals surface area contributed by atoms with E-state index in [1.807, 2.05) is 0 Å². The van der Waals surface area contributed by atoms with E-state index in [1.54, 1.807) is 66.7 Å². The lowest BCUT2D eigenvalue weighted by molar-refractivity contribution is -0.387. The quantitative estimate of drug-likeness (QED) is 0.151. The summed E-state index contributed by atoms with van der Waals surface area (Å²) in [5.74, 6) is -0.301. The zero-order valence-corrected chi connectivity index (χ0v) is 20.0. The molecular formula is C22H12Cl2N2O3S3. The topological polar surface area (TPSA) is 63.4 Å². The number of thiocarbonyl (C=S) groups is 1. The minimum Gasteiger partial charge on any atom is -0.268 e. The van der Waals surface area contributed by atoms with Gasteiger partial charge in [0.2, 0.25) is 0 Å². The number of hydrogen-bond donors (Lipinski definition) is 0. The highest BCUT2D eigenvalue weighted by atomic mass is 35.5. The summed E-state index contributed by atoms with van der Waals surface area (Å²) < 4.78 is 0.368. The Bertz CT molecular complexity index is 1280. The third-order valence-corrected chi connectivity index (χ3v) is 7.24. The smallest absolute Gasteiger partial charge is 0.268 e. The van der Waals surface area contributed by atoms with Gasteiger partial charge in [-0.3, -0.25) is 19.8 Å². The SMILES string of the molecule is O=C1/C(=C\c2ccc(Sc3ccc(Cl)cc3)c([N+](=O)[O-])c2)SC(=S)N1c1cccc(Cl)c1. The number of carbonyl (C=O) groups excluding carboxylic acids is 1. The lowest BCUT2D eigenvalue weighted by atomic mass is 10.2. The van der Waals surface area contributed by atoms with E-state index >= 15 is 0 Å². The molecule has 5 nitrogen and oxygen atoms in total. The number of nitrogens with zero attached hydrogens (tertiary/aromatic N) is 2. The summed E-state index contributed by atoms with van der Waals surface area (Å²) in [5.41, 5.74) is 1.05. The molecule has 1 aliphatic heterocycles. The molecule has 0 unspecified atom stereocenters. The molecule has 1 heterocycles. The van der Waals surface area contributed by atoms with E-state index in [0.717, 1.165) is 16.7 Å². The highest BCUT2D eigenvalue weighted by molar-refractivity contribution is 8.27. The van der Waals surface area contributed by atoms with Crippen LogP contribution < -0.4 is 4.90 Å². The first-order chi connectivity index (χ1) is 15.3. The van der Waals surface area contributed by atoms with Crippen LogP contribution in [0.4, 0.5) is 11.4 Å². The summed E-state index contributed by atoms with van der Waals surface area (Å²) in [5, 5.41) is 12.8. The summed E-state index contributed by atoms with van der Waals surface area (Å²) >= 11 is 19.7. The maximum atomic E-state index is 12.9. The molecule has 0 saturated carbocycles. The number of carbonyl (C=O) groups is 1. The number of nitro groups is 1. The van der Waals surface area contributed by atoms with E-state index in [0.29, 0.717) is 35.4 Å². The number of thioether (sulfide) groups is 1. The highest BCUT2D eigenvalue weighted by Gasteiger charge is 2.33. The minimum atomic E-state index is -0.438. The lowest BCUT2D eigenvalue weighted by Crippen LogP contribution is -2.27. The molecule has 32 heavy (non-hydrogen) atoms. The normalized spacial score (nSPS) is 14.9. The molecule has 4 rings (SSSR count). The van der Waals surface area contributed by atoms with Gasteiger partial charge in [0.1, 0.15) is 0 Å². The summed E-state index contributed by atoms with van der Waals surface area (Å²) in [6, 6.07) is 18.7. The van der Waals surface area contributed by atoms with Crippen molar-refractivity contribution < 1.29 is 9.72 Å². The second-order valence-corrected chi connectivity index (χ2v) is 10.2. The Labute approximate surface area is 207 Å². The van der Waals surface area contributed by atoms with Gasteiger partial charge in [-0.1, -0.05) is 71.1 Å². The zero-order chi connectivity index (χ0) is 22.8. The van der Waals surface area contributed by atoms with Crippen LogP contribution in [-0.2, 0) is 4.79 Å². The summed E-state index contributed by atoms with van der Waals surface area (Å²) in [7, 11) is 0. The van der Waals surface area contributed by atoms with Crippen molar-refractivity contribution in [2.75, 3.05) is 4.90 Å². The predicted octanol–water partition coefficient (Wildman–Crippen LogP) is 7.46. The third kappa shape index (κ3) is 5.00. The largest absolute Gasteiger partial charge is 0.283 e.